The van der Waals surface area contributed by atoms with Crippen molar-refractivity contribution in [3.63, 3.8) is 0 Å². The number of hydrogen-bond donors (Lipinski definition) is 1. The minimum absolute atomic E-state index is 0.261. The topological polar surface area (TPSA) is 33.4 Å². The molecule has 18 heavy (non-hydrogen) atoms. The molecule has 1 heterocycles. The Balaban J connectivity index is 1.89. The van der Waals surface area contributed by atoms with Crippen LogP contribution in [0.2, 0.25) is 5.22 Å². The Hall–Kier alpha value is -1.25. The highest BCUT2D eigenvalue weighted by Gasteiger charge is 2.21. The van der Waals surface area contributed by atoms with Crippen LogP contribution in [-0.4, -0.2) is 5.11 Å². The number of furan rings is 1. The van der Waals surface area contributed by atoms with Crippen LogP contribution in [0, 0.1) is 0 Å². The summed E-state index contributed by atoms with van der Waals surface area (Å²) in [5, 5.41) is 10.6. The lowest BCUT2D eigenvalue weighted by Gasteiger charge is -2.26. The average Bonchev–Trinajstić information content (AvgIpc) is 2.73. The van der Waals surface area contributed by atoms with Gasteiger partial charge in [-0.15, -0.1) is 0 Å². The van der Waals surface area contributed by atoms with E-state index in [9.17, 15) is 5.11 Å². The third kappa shape index (κ3) is 2.06. The van der Waals surface area contributed by atoms with Crippen LogP contribution in [0.25, 0.3) is 0 Å². The zero-order valence-corrected chi connectivity index (χ0v) is 10.7. The molecule has 1 aromatic heterocycles. The van der Waals surface area contributed by atoms with E-state index in [1.54, 1.807) is 6.07 Å². The Morgan fingerprint density at radius 1 is 1.28 bits per heavy atom. The van der Waals surface area contributed by atoms with Gasteiger partial charge in [0.25, 0.3) is 0 Å². The molecule has 3 rings (SSSR count). The van der Waals surface area contributed by atoms with Crippen LogP contribution in [0.5, 0.6) is 0 Å². The maximum atomic E-state index is 10.3. The average molecular weight is 263 g/mol. The summed E-state index contributed by atoms with van der Waals surface area (Å²) in [4.78, 5) is 0. The number of halogens is 1. The number of hydrogen-bond acceptors (Lipinski definition) is 2. The summed E-state index contributed by atoms with van der Waals surface area (Å²) in [6.07, 6.45) is 4.61. The second-order valence-corrected chi connectivity index (χ2v) is 5.19. The molecule has 0 amide bonds. The zero-order chi connectivity index (χ0) is 12.5. The van der Waals surface area contributed by atoms with Gasteiger partial charge in [0.2, 0.25) is 0 Å². The molecule has 0 bridgehead atoms. The van der Waals surface area contributed by atoms with Gasteiger partial charge < -0.3 is 9.52 Å². The maximum absolute atomic E-state index is 10.3. The van der Waals surface area contributed by atoms with Gasteiger partial charge >= 0.3 is 0 Å². The van der Waals surface area contributed by atoms with Gasteiger partial charge in [0.1, 0.15) is 6.10 Å². The molecule has 1 unspecified atom stereocenters. The highest BCUT2D eigenvalue weighted by atomic mass is 35.5. The van der Waals surface area contributed by atoms with Crippen molar-refractivity contribution in [2.45, 2.75) is 31.3 Å². The second kappa shape index (κ2) is 4.79. The van der Waals surface area contributed by atoms with E-state index in [1.165, 1.54) is 31.1 Å². The molecule has 0 aliphatic heterocycles. The first-order valence-electron chi connectivity index (χ1n) is 6.26. The summed E-state index contributed by atoms with van der Waals surface area (Å²) in [5.41, 5.74) is 2.82. The van der Waals surface area contributed by atoms with E-state index < -0.39 is 6.10 Å². The van der Waals surface area contributed by atoms with Crippen LogP contribution in [0.1, 0.15) is 48.0 Å². The lowest BCUT2D eigenvalue weighted by molar-refractivity contribution is 0.219. The fraction of sp³-hybridized carbons (Fsp3) is 0.333. The normalized spacial score (nSPS) is 17.4. The van der Waals surface area contributed by atoms with Crippen molar-refractivity contribution in [3.8, 4) is 0 Å². The molecule has 1 aliphatic rings. The van der Waals surface area contributed by atoms with E-state index in [0.29, 0.717) is 11.5 Å². The minimum atomic E-state index is -0.712. The van der Waals surface area contributed by atoms with Gasteiger partial charge in [-0.3, -0.25) is 0 Å². The number of aliphatic hydroxyl groups excluding tert-OH is 1. The lowest BCUT2D eigenvalue weighted by Crippen LogP contribution is -2.09. The number of rotatable bonds is 3. The van der Waals surface area contributed by atoms with Crippen LogP contribution in [0.15, 0.2) is 41.0 Å². The quantitative estimate of drug-likeness (QED) is 0.896. The van der Waals surface area contributed by atoms with Gasteiger partial charge in [0.15, 0.2) is 5.22 Å². The first-order chi connectivity index (χ1) is 8.75. The number of aliphatic hydroxyl groups is 1. The largest absolute Gasteiger partial charge is 0.453 e. The zero-order valence-electron chi connectivity index (χ0n) is 9.97. The van der Waals surface area contributed by atoms with Crippen molar-refractivity contribution >= 4 is 11.6 Å². The van der Waals surface area contributed by atoms with Gasteiger partial charge in [-0.05, 0) is 47.6 Å². The Morgan fingerprint density at radius 3 is 2.72 bits per heavy atom. The molecule has 1 aliphatic carbocycles. The predicted octanol–water partition coefficient (Wildman–Crippen LogP) is 4.28. The monoisotopic (exact) mass is 262 g/mol. The molecule has 1 aromatic carbocycles. The molecule has 3 heteroatoms. The third-order valence-electron chi connectivity index (χ3n) is 3.74. The fourth-order valence-electron chi connectivity index (χ4n) is 2.40. The molecule has 2 nitrogen and oxygen atoms in total. The van der Waals surface area contributed by atoms with Crippen molar-refractivity contribution in [3.05, 3.63) is 58.5 Å². The first kappa shape index (κ1) is 11.8. The smallest absolute Gasteiger partial charge is 0.199 e. The van der Waals surface area contributed by atoms with Gasteiger partial charge in [0, 0.05) is 5.56 Å². The molecule has 0 saturated heterocycles. The van der Waals surface area contributed by atoms with E-state index >= 15 is 0 Å². The van der Waals surface area contributed by atoms with Crippen molar-refractivity contribution in [2.24, 2.45) is 0 Å². The van der Waals surface area contributed by atoms with E-state index in [-0.39, 0.29) is 5.22 Å². The molecule has 1 fully saturated rings. The van der Waals surface area contributed by atoms with Crippen LogP contribution in [0.4, 0.5) is 0 Å². The molecular formula is C15H15ClO2. The first-order valence-corrected chi connectivity index (χ1v) is 6.64. The molecule has 94 valence electrons. The van der Waals surface area contributed by atoms with Crippen LogP contribution >= 0.6 is 11.6 Å². The van der Waals surface area contributed by atoms with E-state index in [2.05, 4.69) is 12.1 Å². The van der Waals surface area contributed by atoms with Crippen molar-refractivity contribution in [2.75, 3.05) is 0 Å². The van der Waals surface area contributed by atoms with Crippen molar-refractivity contribution in [1.29, 1.82) is 0 Å². The van der Waals surface area contributed by atoms with Gasteiger partial charge in [-0.2, -0.15) is 0 Å². The summed E-state index contributed by atoms with van der Waals surface area (Å²) in [5.74, 6) is 0.664. The summed E-state index contributed by atoms with van der Waals surface area (Å²) >= 11 is 5.90. The Labute approximate surface area is 111 Å². The molecular weight excluding hydrogens is 248 g/mol. The van der Waals surface area contributed by atoms with Crippen molar-refractivity contribution < 1.29 is 9.52 Å². The highest BCUT2D eigenvalue weighted by molar-refractivity contribution is 6.29. The molecule has 2 aromatic rings. The Morgan fingerprint density at radius 2 is 2.11 bits per heavy atom. The van der Waals surface area contributed by atoms with E-state index in [0.717, 1.165) is 5.56 Å². The molecule has 1 saturated carbocycles. The maximum Gasteiger partial charge on any atom is 0.199 e. The summed E-state index contributed by atoms with van der Waals surface area (Å²) in [6, 6.07) is 9.86. The van der Waals surface area contributed by atoms with Gasteiger partial charge in [0.05, 0.1) is 6.26 Å². The van der Waals surface area contributed by atoms with Crippen molar-refractivity contribution in [1.82, 2.24) is 0 Å². The Kier molecular flexibility index (Phi) is 3.14. The Bertz CT molecular complexity index is 543. The summed E-state index contributed by atoms with van der Waals surface area (Å²) in [6.45, 7) is 0. The third-order valence-corrected chi connectivity index (χ3v) is 4.05. The van der Waals surface area contributed by atoms with E-state index in [4.69, 9.17) is 16.0 Å². The molecule has 0 spiro atoms. The molecule has 0 radical (unpaired) electrons. The van der Waals surface area contributed by atoms with E-state index in [1.807, 2.05) is 12.1 Å². The fourth-order valence-corrected chi connectivity index (χ4v) is 2.62. The van der Waals surface area contributed by atoms with Crippen LogP contribution in [-0.2, 0) is 0 Å². The second-order valence-electron chi connectivity index (χ2n) is 4.85. The standard InChI is InChI=1S/C15H15ClO2/c16-15-13(7-8-18-15)14(17)12-6-2-5-11(9-12)10-3-1-4-10/h2,5-10,14,17H,1,3-4H2. The predicted molar refractivity (Wildman–Crippen MR) is 70.8 cm³/mol. The minimum Gasteiger partial charge on any atom is -0.453 e. The molecule has 1 N–H and O–H groups in total. The summed E-state index contributed by atoms with van der Waals surface area (Å²) in [7, 11) is 0. The van der Waals surface area contributed by atoms with Gasteiger partial charge in [-0.1, -0.05) is 30.7 Å². The lowest BCUT2D eigenvalue weighted by atomic mass is 9.79. The van der Waals surface area contributed by atoms with Gasteiger partial charge in [-0.25, -0.2) is 0 Å². The molecule has 1 atom stereocenters. The van der Waals surface area contributed by atoms with Crippen LogP contribution < -0.4 is 0 Å². The summed E-state index contributed by atoms with van der Waals surface area (Å²) < 4.78 is 5.02. The van der Waals surface area contributed by atoms with Crippen LogP contribution in [0.3, 0.4) is 0 Å². The number of benzene rings is 1. The highest BCUT2D eigenvalue weighted by Crippen LogP contribution is 2.38. The SMILES string of the molecule is OC(c1cccc(C2CCC2)c1)c1ccoc1Cl.